The lowest BCUT2D eigenvalue weighted by Crippen LogP contribution is -2.35. The number of ketones is 2. The van der Waals surface area contributed by atoms with Crippen LogP contribution in [0.15, 0.2) is 47.1 Å². The number of allylic oxidation sites excluding steroid dienone is 4. The van der Waals surface area contributed by atoms with Gasteiger partial charge in [0.2, 0.25) is 0 Å². The molecule has 33 heavy (non-hydrogen) atoms. The van der Waals surface area contributed by atoms with Gasteiger partial charge in [0.15, 0.2) is 11.6 Å². The van der Waals surface area contributed by atoms with Crippen molar-refractivity contribution < 1.29 is 22.8 Å². The lowest BCUT2D eigenvalue weighted by atomic mass is 9.58. The quantitative estimate of drug-likeness (QED) is 0.357. The van der Waals surface area contributed by atoms with E-state index in [1.165, 1.54) is 48.8 Å². The fourth-order valence-electron chi connectivity index (χ4n) is 6.50. The highest BCUT2D eigenvalue weighted by Crippen LogP contribution is 2.58. The highest BCUT2D eigenvalue weighted by molar-refractivity contribution is 5.94. The van der Waals surface area contributed by atoms with E-state index in [4.69, 9.17) is 0 Å². The summed E-state index contributed by atoms with van der Waals surface area (Å²) in [6.45, 7) is 1.64. The third-order valence-corrected chi connectivity index (χ3v) is 7.85. The second kappa shape index (κ2) is 9.33. The van der Waals surface area contributed by atoms with Crippen molar-refractivity contribution in [3.8, 4) is 12.3 Å². The van der Waals surface area contributed by atoms with Crippen LogP contribution >= 0.6 is 0 Å². The molecule has 174 valence electrons. The van der Waals surface area contributed by atoms with E-state index in [1.807, 2.05) is 18.2 Å². The van der Waals surface area contributed by atoms with E-state index in [1.54, 1.807) is 12.5 Å². The molecule has 0 N–H and O–H groups in total. The molecule has 0 aliphatic heterocycles. The number of rotatable bonds is 2. The summed E-state index contributed by atoms with van der Waals surface area (Å²) in [7, 11) is 0. The predicted octanol–water partition coefficient (Wildman–Crippen LogP) is 6.97. The van der Waals surface area contributed by atoms with Crippen molar-refractivity contribution in [2.75, 3.05) is 0 Å². The molecule has 1 aromatic carbocycles. The Morgan fingerprint density at radius 3 is 2.39 bits per heavy atom. The molecule has 0 aromatic heterocycles. The number of carbonyl (C=O) groups is 2. The van der Waals surface area contributed by atoms with Crippen LogP contribution in [-0.2, 0) is 4.79 Å². The maximum absolute atomic E-state index is 12.0. The van der Waals surface area contributed by atoms with Crippen LogP contribution in [0.5, 0.6) is 0 Å². The molecular formula is C28H29F3O2. The molecule has 0 amide bonds. The van der Waals surface area contributed by atoms with Crippen LogP contribution in [0.2, 0.25) is 0 Å². The van der Waals surface area contributed by atoms with Gasteiger partial charge >= 0.3 is 6.18 Å². The molecule has 0 radical (unpaired) electrons. The average Bonchev–Trinajstić information content (AvgIpc) is 3.27. The Labute approximate surface area is 193 Å². The molecule has 0 heterocycles. The second-order valence-electron chi connectivity index (χ2n) is 9.68. The van der Waals surface area contributed by atoms with Gasteiger partial charge in [-0.3, -0.25) is 9.59 Å². The highest BCUT2D eigenvalue weighted by atomic mass is 19.4. The smallest absolute Gasteiger partial charge is 0.295 e. The van der Waals surface area contributed by atoms with Crippen LogP contribution in [0, 0.1) is 30.1 Å². The summed E-state index contributed by atoms with van der Waals surface area (Å²) in [6, 6.07) is 8.38. The van der Waals surface area contributed by atoms with Gasteiger partial charge in [0.1, 0.15) is 0 Å². The first-order valence-electron chi connectivity index (χ1n) is 11.8. The maximum atomic E-state index is 12.0. The van der Waals surface area contributed by atoms with Gasteiger partial charge in [-0.1, -0.05) is 42.7 Å². The van der Waals surface area contributed by atoms with Crippen molar-refractivity contribution in [3.05, 3.63) is 58.2 Å². The first-order valence-corrected chi connectivity index (χ1v) is 11.8. The maximum Gasteiger partial charge on any atom is 0.457 e. The van der Waals surface area contributed by atoms with Gasteiger partial charge in [0.05, 0.1) is 0 Å². The van der Waals surface area contributed by atoms with Crippen molar-refractivity contribution in [3.63, 3.8) is 0 Å². The lowest BCUT2D eigenvalue weighted by Gasteiger charge is -2.46. The summed E-state index contributed by atoms with van der Waals surface area (Å²) in [4.78, 5) is 23.7. The summed E-state index contributed by atoms with van der Waals surface area (Å²) >= 11 is 0. The molecule has 1 aromatic rings. The molecule has 4 atom stereocenters. The van der Waals surface area contributed by atoms with E-state index in [2.05, 4.69) is 18.6 Å². The molecule has 5 heteroatoms. The zero-order valence-corrected chi connectivity index (χ0v) is 18.9. The zero-order chi connectivity index (χ0) is 23.8. The van der Waals surface area contributed by atoms with Gasteiger partial charge < -0.3 is 0 Å². The van der Waals surface area contributed by atoms with Crippen molar-refractivity contribution in [2.45, 2.75) is 70.4 Å². The Bertz CT molecular complexity index is 1040. The van der Waals surface area contributed by atoms with Gasteiger partial charge in [0.25, 0.3) is 0 Å². The molecule has 2 nitrogen and oxygen atoms in total. The molecule has 2 fully saturated rings. The molecular weight excluding hydrogens is 425 g/mol. The number of hydrogen-bond acceptors (Lipinski definition) is 2. The van der Waals surface area contributed by atoms with Crippen LogP contribution in [0.3, 0.4) is 0 Å². The molecule has 0 saturated heterocycles. The van der Waals surface area contributed by atoms with E-state index in [-0.39, 0.29) is 5.78 Å². The summed E-state index contributed by atoms with van der Waals surface area (Å²) in [5.41, 5.74) is 6.70. The molecule has 5 rings (SSSR count). The standard InChI is InChI=1S/C25H28O2.C3HF3/c1-15(26)16-5-7-17(8-6-16)24-14-18-3-2-4-21(18)23-11-9-19-13-20(27)10-12-22(19)25(23)24;1-2-3(4,5)6/h5-8,13,18,21,23-24H,2-4,9-12,14H2,1H3;1H/t18?,21?,23?,24-;/m1./s1. The fourth-order valence-corrected chi connectivity index (χ4v) is 6.50. The first-order chi connectivity index (χ1) is 15.7. The Morgan fingerprint density at radius 2 is 1.76 bits per heavy atom. The lowest BCUT2D eigenvalue weighted by molar-refractivity contribution is -0.114. The minimum atomic E-state index is -4.43. The van der Waals surface area contributed by atoms with Gasteiger partial charge in [-0.15, -0.1) is 6.42 Å². The number of alkyl halides is 3. The van der Waals surface area contributed by atoms with Gasteiger partial charge in [-0.25, -0.2) is 0 Å². The Balaban J connectivity index is 0.000000385. The van der Waals surface area contributed by atoms with Crippen LogP contribution in [0.4, 0.5) is 13.2 Å². The minimum Gasteiger partial charge on any atom is -0.295 e. The van der Waals surface area contributed by atoms with Gasteiger partial charge in [0, 0.05) is 23.8 Å². The summed E-state index contributed by atoms with van der Waals surface area (Å²) in [6.07, 6.45) is 10.8. The molecule has 0 bridgehead atoms. The predicted molar refractivity (Wildman–Crippen MR) is 122 cm³/mol. The van der Waals surface area contributed by atoms with Crippen molar-refractivity contribution >= 4 is 11.6 Å². The van der Waals surface area contributed by atoms with E-state index in [0.29, 0.717) is 30.0 Å². The van der Waals surface area contributed by atoms with Crippen molar-refractivity contribution in [1.82, 2.24) is 0 Å². The van der Waals surface area contributed by atoms with Gasteiger partial charge in [-0.05, 0) is 79.6 Å². The van der Waals surface area contributed by atoms with Crippen molar-refractivity contribution in [2.24, 2.45) is 17.8 Å². The van der Waals surface area contributed by atoms with E-state index < -0.39 is 6.18 Å². The third kappa shape index (κ3) is 5.00. The van der Waals surface area contributed by atoms with Crippen LogP contribution in [0.1, 0.15) is 80.1 Å². The minimum absolute atomic E-state index is 0.134. The molecule has 4 aliphatic carbocycles. The topological polar surface area (TPSA) is 34.1 Å². The molecule has 4 aliphatic rings. The number of terminal acetylenes is 1. The number of carbonyl (C=O) groups excluding carboxylic acids is 2. The number of halogens is 3. The molecule has 3 unspecified atom stereocenters. The zero-order valence-electron chi connectivity index (χ0n) is 18.9. The fraction of sp³-hybridized carbons (Fsp3) is 0.500. The number of Topliss-reactive ketones (excluding diaryl/α,β-unsaturated/α-hetero) is 1. The van der Waals surface area contributed by atoms with Crippen molar-refractivity contribution in [1.29, 1.82) is 0 Å². The van der Waals surface area contributed by atoms with Crippen LogP contribution in [-0.4, -0.2) is 17.7 Å². The Hall–Kier alpha value is -2.61. The van der Waals surface area contributed by atoms with Crippen LogP contribution in [0.25, 0.3) is 0 Å². The highest BCUT2D eigenvalue weighted by Gasteiger charge is 2.46. The number of benzene rings is 1. The van der Waals surface area contributed by atoms with E-state index in [9.17, 15) is 22.8 Å². The normalized spacial score (nSPS) is 28.5. The van der Waals surface area contributed by atoms with Gasteiger partial charge in [-0.2, -0.15) is 13.2 Å². The molecule has 2 saturated carbocycles. The number of hydrogen-bond donors (Lipinski definition) is 0. The summed E-state index contributed by atoms with van der Waals surface area (Å²) in [5.74, 6) is 3.95. The summed E-state index contributed by atoms with van der Waals surface area (Å²) in [5, 5.41) is 0. The SMILES string of the molecule is C#CC(F)(F)F.CC(=O)c1ccc([C@H]2CC3CCCC3C3CCC4=CC(=O)CCC4=C32)cc1. The van der Waals surface area contributed by atoms with E-state index >= 15 is 0 Å². The molecule has 0 spiro atoms. The largest absolute Gasteiger partial charge is 0.457 e. The average molecular weight is 455 g/mol. The Kier molecular flexibility index (Phi) is 6.66. The third-order valence-electron chi connectivity index (χ3n) is 7.85. The monoisotopic (exact) mass is 454 g/mol. The number of fused-ring (bicyclic) bond motifs is 4. The Morgan fingerprint density at radius 1 is 1.06 bits per heavy atom. The van der Waals surface area contributed by atoms with E-state index in [0.717, 1.165) is 30.2 Å². The second-order valence-corrected chi connectivity index (χ2v) is 9.68. The van der Waals surface area contributed by atoms with Crippen LogP contribution < -0.4 is 0 Å². The summed E-state index contributed by atoms with van der Waals surface area (Å²) < 4.78 is 31.6. The first kappa shape index (κ1) is 23.5.